The molecule has 0 saturated carbocycles. The number of thiazole rings is 1. The van der Waals surface area contributed by atoms with Gasteiger partial charge in [-0.1, -0.05) is 0 Å². The van der Waals surface area contributed by atoms with Crippen LogP contribution in [0.1, 0.15) is 30.2 Å². The van der Waals surface area contributed by atoms with Gasteiger partial charge in [0.25, 0.3) is 0 Å². The molecule has 0 fully saturated rings. The quantitative estimate of drug-likeness (QED) is 0.772. The van der Waals surface area contributed by atoms with Crippen LogP contribution in [-0.4, -0.2) is 34.4 Å². The Labute approximate surface area is 115 Å². The van der Waals surface area contributed by atoms with Crippen molar-refractivity contribution in [2.75, 3.05) is 11.5 Å². The zero-order valence-electron chi connectivity index (χ0n) is 10.9. The predicted octanol–water partition coefficient (Wildman–Crippen LogP) is 1.91. The Morgan fingerprint density at radius 1 is 1.44 bits per heavy atom. The van der Waals surface area contributed by atoms with Crippen molar-refractivity contribution in [3.05, 3.63) is 16.1 Å². The molecule has 0 aliphatic carbocycles. The van der Waals surface area contributed by atoms with Gasteiger partial charge in [0.15, 0.2) is 9.84 Å². The number of nitrogens with zero attached hydrogens (tertiary/aromatic N) is 1. The van der Waals surface area contributed by atoms with Crippen molar-refractivity contribution in [1.29, 1.82) is 0 Å². The summed E-state index contributed by atoms with van der Waals surface area (Å²) >= 11 is 1.54. The van der Waals surface area contributed by atoms with Crippen LogP contribution in [0, 0.1) is 6.92 Å². The smallest absolute Gasteiger partial charge is 0.152 e. The van der Waals surface area contributed by atoms with Crippen molar-refractivity contribution in [1.82, 2.24) is 4.98 Å². The maximum Gasteiger partial charge on any atom is 0.152 e. The molecule has 0 aliphatic heterocycles. The van der Waals surface area contributed by atoms with Gasteiger partial charge >= 0.3 is 0 Å². The molecule has 0 spiro atoms. The first-order valence-corrected chi connectivity index (χ1v) is 9.81. The highest BCUT2D eigenvalue weighted by atomic mass is 32.2. The van der Waals surface area contributed by atoms with E-state index in [9.17, 15) is 12.6 Å². The van der Waals surface area contributed by atoms with Gasteiger partial charge in [-0.05, 0) is 27.2 Å². The minimum Gasteiger partial charge on any atom is -0.259 e. The number of aryl methyl sites for hydroxylation is 1. The summed E-state index contributed by atoms with van der Waals surface area (Å²) in [5.41, 5.74) is 0. The number of hydrogen-bond donors (Lipinski definition) is 0. The van der Waals surface area contributed by atoms with Gasteiger partial charge in [0.1, 0.15) is 0 Å². The van der Waals surface area contributed by atoms with Crippen LogP contribution in [0.25, 0.3) is 0 Å². The molecule has 1 atom stereocenters. The molecule has 7 heteroatoms. The summed E-state index contributed by atoms with van der Waals surface area (Å²) in [6.45, 7) is 5.26. The molecule has 0 radical (unpaired) electrons. The van der Waals surface area contributed by atoms with E-state index in [0.717, 1.165) is 9.88 Å². The highest BCUT2D eigenvalue weighted by Gasteiger charge is 2.16. The maximum atomic E-state index is 11.8. The lowest BCUT2D eigenvalue weighted by Gasteiger charge is -2.06. The molecule has 0 amide bonds. The minimum absolute atomic E-state index is 0.123. The fourth-order valence-electron chi connectivity index (χ4n) is 1.36. The molecule has 0 aromatic carbocycles. The van der Waals surface area contributed by atoms with Crippen molar-refractivity contribution < 1.29 is 12.6 Å². The monoisotopic (exact) mass is 309 g/mol. The van der Waals surface area contributed by atoms with Crippen molar-refractivity contribution in [2.45, 2.75) is 38.2 Å². The van der Waals surface area contributed by atoms with Crippen LogP contribution in [0.5, 0.6) is 0 Å². The summed E-state index contributed by atoms with van der Waals surface area (Å²) in [5, 5.41) is 0.611. The third-order valence-electron chi connectivity index (χ3n) is 2.49. The van der Waals surface area contributed by atoms with E-state index in [1.807, 2.05) is 6.92 Å². The Morgan fingerprint density at radius 3 is 2.61 bits per heavy atom. The third-order valence-corrected chi connectivity index (χ3v) is 7.26. The van der Waals surface area contributed by atoms with Crippen LogP contribution in [-0.2, 0) is 26.4 Å². The normalized spacial score (nSPS) is 14.0. The van der Waals surface area contributed by atoms with Crippen LogP contribution in [0.15, 0.2) is 6.20 Å². The van der Waals surface area contributed by atoms with Crippen LogP contribution in [0.4, 0.5) is 0 Å². The molecule has 104 valence electrons. The van der Waals surface area contributed by atoms with Gasteiger partial charge in [-0.15, -0.1) is 11.3 Å². The van der Waals surface area contributed by atoms with Gasteiger partial charge in [0.2, 0.25) is 0 Å². The van der Waals surface area contributed by atoms with E-state index in [1.165, 1.54) is 11.3 Å². The van der Waals surface area contributed by atoms with E-state index in [4.69, 9.17) is 0 Å². The first-order chi connectivity index (χ1) is 8.31. The molecule has 0 saturated heterocycles. The predicted molar refractivity (Wildman–Crippen MR) is 77.1 cm³/mol. The van der Waals surface area contributed by atoms with Crippen LogP contribution < -0.4 is 0 Å². The molecule has 1 unspecified atom stereocenters. The molecule has 0 aliphatic rings. The summed E-state index contributed by atoms with van der Waals surface area (Å²) < 4.78 is 34.9. The van der Waals surface area contributed by atoms with E-state index in [2.05, 4.69) is 4.98 Å². The Balaban J connectivity index is 2.34. The highest BCUT2D eigenvalue weighted by Crippen LogP contribution is 2.14. The molecule has 4 nitrogen and oxygen atoms in total. The van der Waals surface area contributed by atoms with E-state index in [-0.39, 0.29) is 11.0 Å². The first-order valence-electron chi connectivity index (χ1n) is 5.79. The average molecular weight is 309 g/mol. The Bertz CT molecular complexity index is 505. The second kappa shape index (κ2) is 6.77. The third kappa shape index (κ3) is 5.16. The molecule has 0 N–H and O–H groups in total. The van der Waals surface area contributed by atoms with E-state index < -0.39 is 20.6 Å². The Kier molecular flexibility index (Phi) is 5.94. The van der Waals surface area contributed by atoms with Gasteiger partial charge in [-0.3, -0.25) is 4.21 Å². The second-order valence-corrected chi connectivity index (χ2v) is 9.98. The highest BCUT2D eigenvalue weighted by molar-refractivity contribution is 7.92. The number of aromatic nitrogens is 1. The van der Waals surface area contributed by atoms with Gasteiger partial charge in [0.05, 0.1) is 21.8 Å². The van der Waals surface area contributed by atoms with Crippen molar-refractivity contribution in [3.63, 3.8) is 0 Å². The fraction of sp³-hybridized carbons (Fsp3) is 0.727. The maximum absolute atomic E-state index is 11.8. The average Bonchev–Trinajstić information content (AvgIpc) is 2.63. The lowest BCUT2D eigenvalue weighted by Crippen LogP contribution is -2.19. The van der Waals surface area contributed by atoms with E-state index >= 15 is 0 Å². The molecular formula is C11H19NO3S3. The van der Waals surface area contributed by atoms with Crippen LogP contribution >= 0.6 is 11.3 Å². The lowest BCUT2D eigenvalue weighted by molar-refractivity contribution is 0.586. The fourth-order valence-corrected chi connectivity index (χ4v) is 4.78. The number of hydrogen-bond acceptors (Lipinski definition) is 5. The molecule has 1 aromatic rings. The molecule has 1 aromatic heterocycles. The van der Waals surface area contributed by atoms with Gasteiger partial charge < -0.3 is 0 Å². The van der Waals surface area contributed by atoms with Gasteiger partial charge in [-0.2, -0.15) is 0 Å². The number of sulfone groups is 1. The lowest BCUT2D eigenvalue weighted by atomic mass is 10.6. The van der Waals surface area contributed by atoms with E-state index in [0.29, 0.717) is 17.9 Å². The zero-order valence-corrected chi connectivity index (χ0v) is 13.3. The summed E-state index contributed by atoms with van der Waals surface area (Å²) in [7, 11) is -4.01. The Morgan fingerprint density at radius 2 is 2.11 bits per heavy atom. The molecular weight excluding hydrogens is 290 g/mol. The SMILES string of the molecule is Cc1ncc(CS(=O)CCCS(=O)(=O)C(C)C)s1. The summed E-state index contributed by atoms with van der Waals surface area (Å²) in [6.07, 6.45) is 2.20. The summed E-state index contributed by atoms with van der Waals surface area (Å²) in [6, 6.07) is 0. The molecule has 1 rings (SSSR count). The summed E-state index contributed by atoms with van der Waals surface area (Å²) in [4.78, 5) is 5.10. The summed E-state index contributed by atoms with van der Waals surface area (Å²) in [5.74, 6) is 1.04. The first kappa shape index (κ1) is 15.8. The van der Waals surface area contributed by atoms with Gasteiger partial charge in [0, 0.05) is 27.6 Å². The standard InChI is InChI=1S/C11H19NO3S3/c1-9(2)18(14,15)6-4-5-17(13)8-11-7-12-10(3)16-11/h7,9H,4-6,8H2,1-3H3. The Hall–Kier alpha value is -0.270. The minimum atomic E-state index is -3.01. The number of rotatable bonds is 7. The topological polar surface area (TPSA) is 64.1 Å². The van der Waals surface area contributed by atoms with Crippen molar-refractivity contribution in [3.8, 4) is 0 Å². The van der Waals surface area contributed by atoms with Crippen molar-refractivity contribution in [2.24, 2.45) is 0 Å². The van der Waals surface area contributed by atoms with Crippen molar-refractivity contribution >= 4 is 32.0 Å². The molecule has 1 heterocycles. The molecule has 18 heavy (non-hydrogen) atoms. The second-order valence-electron chi connectivity index (χ2n) is 4.40. The van der Waals surface area contributed by atoms with Crippen LogP contribution in [0.2, 0.25) is 0 Å². The zero-order chi connectivity index (χ0) is 13.8. The van der Waals surface area contributed by atoms with E-state index in [1.54, 1.807) is 20.0 Å². The molecule has 0 bridgehead atoms. The van der Waals surface area contributed by atoms with Gasteiger partial charge in [-0.25, -0.2) is 13.4 Å². The van der Waals surface area contributed by atoms with Crippen LogP contribution in [0.3, 0.4) is 0 Å². The largest absolute Gasteiger partial charge is 0.259 e.